The minimum absolute atomic E-state index is 0.225. The van der Waals surface area contributed by atoms with Crippen LogP contribution in [0.4, 0.5) is 0 Å². The Morgan fingerprint density at radius 1 is 1.00 bits per heavy atom. The van der Waals surface area contributed by atoms with Crippen molar-refractivity contribution in [3.63, 3.8) is 0 Å². The molecule has 0 aliphatic carbocycles. The van der Waals surface area contributed by atoms with Gasteiger partial charge in [-0.3, -0.25) is 0 Å². The van der Waals surface area contributed by atoms with Crippen molar-refractivity contribution in [1.29, 1.82) is 0 Å². The van der Waals surface area contributed by atoms with Crippen molar-refractivity contribution in [2.45, 2.75) is 69.9 Å². The van der Waals surface area contributed by atoms with Crippen LogP contribution in [-0.4, -0.2) is 55.3 Å². The van der Waals surface area contributed by atoms with Gasteiger partial charge in [-0.15, -0.1) is 6.58 Å². The normalized spacial score (nSPS) is 23.0. The van der Waals surface area contributed by atoms with Gasteiger partial charge in [0.2, 0.25) is 0 Å². The van der Waals surface area contributed by atoms with Gasteiger partial charge in [-0.25, -0.2) is 0 Å². The van der Waals surface area contributed by atoms with Crippen LogP contribution < -0.4 is 10.4 Å². The summed E-state index contributed by atoms with van der Waals surface area (Å²) >= 11 is 0. The summed E-state index contributed by atoms with van der Waals surface area (Å²) in [7, 11) is -2.87. The smallest absolute Gasteiger partial charge is 0.262 e. The zero-order chi connectivity index (χ0) is 23.6. The van der Waals surface area contributed by atoms with E-state index < -0.39 is 45.1 Å². The lowest BCUT2D eigenvalue weighted by Crippen LogP contribution is -2.68. The molecule has 0 bridgehead atoms. The maximum absolute atomic E-state index is 10.5. The Bertz CT molecular complexity index is 839. The van der Waals surface area contributed by atoms with Crippen molar-refractivity contribution in [1.82, 2.24) is 0 Å². The molecule has 0 unspecified atom stereocenters. The van der Waals surface area contributed by atoms with E-state index in [0.29, 0.717) is 0 Å². The van der Waals surface area contributed by atoms with Crippen LogP contribution in [0.3, 0.4) is 0 Å². The van der Waals surface area contributed by atoms with Crippen LogP contribution in [0.1, 0.15) is 34.6 Å². The first-order chi connectivity index (χ1) is 15.1. The molecule has 2 N–H and O–H groups in total. The first-order valence-electron chi connectivity index (χ1n) is 11.1. The van der Waals surface area contributed by atoms with Crippen molar-refractivity contribution in [2.24, 2.45) is 0 Å². The van der Waals surface area contributed by atoms with Gasteiger partial charge in [-0.05, 0) is 29.3 Å². The van der Waals surface area contributed by atoms with Crippen LogP contribution in [0.2, 0.25) is 5.04 Å². The van der Waals surface area contributed by atoms with Gasteiger partial charge in [0.15, 0.2) is 5.79 Å². The summed E-state index contributed by atoms with van der Waals surface area (Å²) in [5.74, 6) is -0.915. The molecule has 2 aromatic carbocycles. The second kappa shape index (κ2) is 9.59. The Balaban J connectivity index is 2.14. The van der Waals surface area contributed by atoms with Crippen LogP contribution in [0.25, 0.3) is 0 Å². The summed E-state index contributed by atoms with van der Waals surface area (Å²) in [6, 6.07) is 20.7. The van der Waals surface area contributed by atoms with Crippen LogP contribution in [0, 0.1) is 0 Å². The molecule has 1 aliphatic heterocycles. The predicted molar refractivity (Wildman–Crippen MR) is 130 cm³/mol. The molecule has 6 heteroatoms. The molecule has 4 atom stereocenters. The highest BCUT2D eigenvalue weighted by molar-refractivity contribution is 6.99. The third kappa shape index (κ3) is 4.76. The van der Waals surface area contributed by atoms with E-state index >= 15 is 0 Å². The fourth-order valence-electron chi connectivity index (χ4n) is 4.62. The molecule has 0 amide bonds. The zero-order valence-corrected chi connectivity index (χ0v) is 20.7. The summed E-state index contributed by atoms with van der Waals surface area (Å²) in [5.41, 5.74) is 0. The first-order valence-corrected chi connectivity index (χ1v) is 13.0. The lowest BCUT2D eigenvalue weighted by atomic mass is 10.0. The van der Waals surface area contributed by atoms with Gasteiger partial charge in [0.1, 0.15) is 18.3 Å². The number of ether oxygens (including phenoxy) is 2. The van der Waals surface area contributed by atoms with Crippen LogP contribution in [0.5, 0.6) is 0 Å². The van der Waals surface area contributed by atoms with Crippen LogP contribution in [0.15, 0.2) is 73.3 Å². The first kappa shape index (κ1) is 24.8. The van der Waals surface area contributed by atoms with E-state index in [-0.39, 0.29) is 5.04 Å². The predicted octanol–water partition coefficient (Wildman–Crippen LogP) is 2.99. The minimum atomic E-state index is -2.87. The summed E-state index contributed by atoms with van der Waals surface area (Å²) in [4.78, 5) is 0. The van der Waals surface area contributed by atoms with Gasteiger partial charge in [0, 0.05) is 0 Å². The Kier molecular flexibility index (Phi) is 7.44. The van der Waals surface area contributed by atoms with Gasteiger partial charge in [0.05, 0.1) is 12.7 Å². The Morgan fingerprint density at radius 3 is 1.88 bits per heavy atom. The summed E-state index contributed by atoms with van der Waals surface area (Å²) < 4.78 is 19.3. The van der Waals surface area contributed by atoms with Crippen molar-refractivity contribution >= 4 is 18.7 Å². The van der Waals surface area contributed by atoms with Crippen molar-refractivity contribution in [3.8, 4) is 0 Å². The average Bonchev–Trinajstić information content (AvgIpc) is 3.09. The number of hydrogen-bond donors (Lipinski definition) is 2. The zero-order valence-electron chi connectivity index (χ0n) is 19.7. The molecule has 1 aliphatic rings. The molecule has 0 spiro atoms. The van der Waals surface area contributed by atoms with Crippen molar-refractivity contribution < 1.29 is 24.1 Å². The Morgan fingerprint density at radius 2 is 1.47 bits per heavy atom. The number of benzene rings is 2. The van der Waals surface area contributed by atoms with Crippen LogP contribution >= 0.6 is 0 Å². The number of aliphatic hydroxyl groups is 2. The molecule has 1 heterocycles. The van der Waals surface area contributed by atoms with E-state index in [1.165, 1.54) is 0 Å². The molecule has 1 fully saturated rings. The Labute approximate surface area is 192 Å². The van der Waals surface area contributed by atoms with E-state index in [1.54, 1.807) is 19.9 Å². The largest absolute Gasteiger partial charge is 0.398 e. The molecule has 2 aromatic rings. The summed E-state index contributed by atoms with van der Waals surface area (Å²) in [5, 5.41) is 22.1. The molecule has 3 rings (SSSR count). The topological polar surface area (TPSA) is 68.2 Å². The second-order valence-electron chi connectivity index (χ2n) is 9.80. The summed E-state index contributed by atoms with van der Waals surface area (Å²) in [6.07, 6.45) is -1.28. The van der Waals surface area contributed by atoms with Gasteiger partial charge < -0.3 is 24.1 Å². The molecule has 0 saturated carbocycles. The van der Waals surface area contributed by atoms with Crippen molar-refractivity contribution in [2.75, 3.05) is 6.61 Å². The molecule has 1 saturated heterocycles. The lowest BCUT2D eigenvalue weighted by Gasteiger charge is -2.45. The molecule has 0 radical (unpaired) electrons. The third-order valence-corrected chi connectivity index (χ3v) is 11.0. The van der Waals surface area contributed by atoms with E-state index in [9.17, 15) is 10.2 Å². The number of hydrogen-bond acceptors (Lipinski definition) is 5. The fraction of sp³-hybridized carbons (Fsp3) is 0.462. The quantitative estimate of drug-likeness (QED) is 0.472. The monoisotopic (exact) mass is 456 g/mol. The van der Waals surface area contributed by atoms with Crippen molar-refractivity contribution in [3.05, 3.63) is 73.3 Å². The second-order valence-corrected chi connectivity index (χ2v) is 14.0. The average molecular weight is 457 g/mol. The van der Waals surface area contributed by atoms with Crippen LogP contribution in [-0.2, 0) is 13.9 Å². The van der Waals surface area contributed by atoms with Gasteiger partial charge >= 0.3 is 0 Å². The summed E-state index contributed by atoms with van der Waals surface area (Å²) in [6.45, 7) is 13.8. The highest BCUT2D eigenvalue weighted by atomic mass is 28.4. The van der Waals surface area contributed by atoms with Gasteiger partial charge in [0.25, 0.3) is 8.32 Å². The minimum Gasteiger partial charge on any atom is -0.398 e. The maximum atomic E-state index is 10.5. The molecule has 5 nitrogen and oxygen atoms in total. The molecular weight excluding hydrogens is 420 g/mol. The lowest BCUT2D eigenvalue weighted by molar-refractivity contribution is -0.160. The fourth-order valence-corrected chi connectivity index (χ4v) is 9.27. The van der Waals surface area contributed by atoms with E-state index in [1.807, 2.05) is 36.4 Å². The molecule has 0 aromatic heterocycles. The van der Waals surface area contributed by atoms with Gasteiger partial charge in [-0.1, -0.05) is 87.5 Å². The third-order valence-electron chi connectivity index (χ3n) is 6.02. The Hall–Kier alpha value is -1.80. The standard InChI is InChI=1S/C26H36O5Si/c1-7-22(24-23(21(28)18-27)29-26(5,6)30-24)31-32(25(2,3)4,19-14-10-8-11-15-19)20-16-12-9-13-17-20/h7-17,21-24,27-28H,1,18H2,2-6H3/t21-,22+,23-,24-/m1/s1. The SMILES string of the molecule is C=C[C@H](O[Si](c1ccccc1)(c1ccccc1)C(C)(C)C)[C@H]1OC(C)(C)O[C@@H]1[C@H](O)CO. The highest BCUT2D eigenvalue weighted by Gasteiger charge is 2.55. The van der Waals surface area contributed by atoms with E-state index in [2.05, 4.69) is 51.6 Å². The molecule has 174 valence electrons. The van der Waals surface area contributed by atoms with Gasteiger partial charge in [-0.2, -0.15) is 0 Å². The highest BCUT2D eigenvalue weighted by Crippen LogP contribution is 2.40. The molecular formula is C26H36O5Si. The molecule has 32 heavy (non-hydrogen) atoms. The number of rotatable bonds is 8. The number of aliphatic hydroxyl groups excluding tert-OH is 2. The van der Waals surface area contributed by atoms with E-state index in [4.69, 9.17) is 13.9 Å². The van der Waals surface area contributed by atoms with E-state index in [0.717, 1.165) is 10.4 Å². The maximum Gasteiger partial charge on any atom is 0.262 e.